The summed E-state index contributed by atoms with van der Waals surface area (Å²) in [6.07, 6.45) is 0. The average molecular weight is 272 g/mol. The molecule has 1 unspecified atom stereocenters. The predicted molar refractivity (Wildman–Crippen MR) is 64.5 cm³/mol. The molecule has 1 aromatic rings. The number of carbonyl (C=O) groups is 2. The highest BCUT2D eigenvalue weighted by molar-refractivity contribution is 5.83. The van der Waals surface area contributed by atoms with Crippen LogP contribution in [0.3, 0.4) is 0 Å². The van der Waals surface area contributed by atoms with E-state index >= 15 is 0 Å². The van der Waals surface area contributed by atoms with Crippen LogP contribution in [0.1, 0.15) is 6.92 Å². The van der Waals surface area contributed by atoms with Crippen molar-refractivity contribution in [3.05, 3.63) is 29.8 Å². The van der Waals surface area contributed by atoms with Crippen LogP contribution in [0.15, 0.2) is 18.2 Å². The molecular weight excluding hydrogens is 258 g/mol. The molecule has 0 heterocycles. The van der Waals surface area contributed by atoms with Crippen LogP contribution in [0.5, 0.6) is 0 Å². The van der Waals surface area contributed by atoms with E-state index in [1.165, 1.54) is 20.1 Å². The Morgan fingerprint density at radius 3 is 2.53 bits per heavy atom. The molecule has 1 amide bonds. The number of hydrogen-bond acceptors (Lipinski definition) is 4. The number of amides is 1. The summed E-state index contributed by atoms with van der Waals surface area (Å²) in [6, 6.07) is 2.33. The lowest BCUT2D eigenvalue weighted by molar-refractivity contribution is -0.144. The van der Waals surface area contributed by atoms with Gasteiger partial charge in [0.15, 0.2) is 11.6 Å². The Morgan fingerprint density at radius 1 is 1.32 bits per heavy atom. The van der Waals surface area contributed by atoms with Gasteiger partial charge in [0.25, 0.3) is 0 Å². The van der Waals surface area contributed by atoms with Crippen molar-refractivity contribution in [2.75, 3.05) is 19.0 Å². The van der Waals surface area contributed by atoms with Crippen LogP contribution in [0.2, 0.25) is 0 Å². The zero-order chi connectivity index (χ0) is 14.4. The number of methoxy groups -OCH3 is 1. The molecule has 1 rings (SSSR count). The molecule has 0 saturated carbocycles. The number of rotatable bonds is 5. The highest BCUT2D eigenvalue weighted by Crippen LogP contribution is 2.12. The minimum atomic E-state index is -1.00. The lowest BCUT2D eigenvalue weighted by Crippen LogP contribution is -2.45. The highest BCUT2D eigenvalue weighted by atomic mass is 19.2. The fourth-order valence-electron chi connectivity index (χ4n) is 1.41. The Kier molecular flexibility index (Phi) is 5.23. The summed E-state index contributed by atoms with van der Waals surface area (Å²) in [6.45, 7) is 1.25. The quantitative estimate of drug-likeness (QED) is 0.786. The van der Waals surface area contributed by atoms with Gasteiger partial charge in [0.1, 0.15) is 6.04 Å². The Hall–Kier alpha value is -2.18. The normalized spacial score (nSPS) is 11.6. The van der Waals surface area contributed by atoms with Gasteiger partial charge in [-0.1, -0.05) is 0 Å². The zero-order valence-electron chi connectivity index (χ0n) is 10.5. The number of hydrogen-bond donors (Lipinski definition) is 2. The molecule has 0 aliphatic rings. The lowest BCUT2D eigenvalue weighted by atomic mass is 10.2. The number of ether oxygens (including phenoxy) is 1. The second-order valence-electron chi connectivity index (χ2n) is 3.79. The molecule has 7 heteroatoms. The van der Waals surface area contributed by atoms with Gasteiger partial charge >= 0.3 is 5.97 Å². The largest absolute Gasteiger partial charge is 0.467 e. The molecule has 2 N–H and O–H groups in total. The molecule has 0 aliphatic carbocycles. The van der Waals surface area contributed by atoms with Crippen molar-refractivity contribution in [1.82, 2.24) is 5.32 Å². The van der Waals surface area contributed by atoms with Gasteiger partial charge < -0.3 is 15.4 Å². The van der Waals surface area contributed by atoms with Crippen LogP contribution in [0.25, 0.3) is 0 Å². The van der Waals surface area contributed by atoms with E-state index in [1.807, 2.05) is 0 Å². The third-order valence-corrected chi connectivity index (χ3v) is 2.29. The first kappa shape index (κ1) is 14.9. The fraction of sp³-hybridized carbons (Fsp3) is 0.333. The van der Waals surface area contributed by atoms with Crippen molar-refractivity contribution in [3.63, 3.8) is 0 Å². The predicted octanol–water partition coefficient (Wildman–Crippen LogP) is 1.05. The van der Waals surface area contributed by atoms with Gasteiger partial charge in [-0.15, -0.1) is 0 Å². The number of carbonyl (C=O) groups excluding carboxylic acids is 2. The van der Waals surface area contributed by atoms with Gasteiger partial charge in [-0.3, -0.25) is 4.79 Å². The molecule has 104 valence electrons. The summed E-state index contributed by atoms with van der Waals surface area (Å²) in [7, 11) is 1.19. The van der Waals surface area contributed by atoms with E-state index in [0.29, 0.717) is 0 Å². The maximum Gasteiger partial charge on any atom is 0.330 e. The molecule has 0 aliphatic heterocycles. The van der Waals surface area contributed by atoms with Crippen molar-refractivity contribution in [2.24, 2.45) is 0 Å². The Balaban J connectivity index is 2.67. The number of anilines is 1. The van der Waals surface area contributed by atoms with Crippen molar-refractivity contribution >= 4 is 17.6 Å². The third kappa shape index (κ3) is 4.53. The van der Waals surface area contributed by atoms with E-state index in [0.717, 1.165) is 12.1 Å². The average Bonchev–Trinajstić information content (AvgIpc) is 2.37. The maximum absolute atomic E-state index is 13.0. The minimum absolute atomic E-state index is 0.00265. The lowest BCUT2D eigenvalue weighted by Gasteiger charge is -2.16. The molecule has 1 atom stereocenters. The first-order valence-corrected chi connectivity index (χ1v) is 5.48. The third-order valence-electron chi connectivity index (χ3n) is 2.29. The molecule has 0 saturated heterocycles. The van der Waals surface area contributed by atoms with Crippen molar-refractivity contribution in [3.8, 4) is 0 Å². The van der Waals surface area contributed by atoms with Crippen LogP contribution in [0.4, 0.5) is 14.5 Å². The highest BCUT2D eigenvalue weighted by Gasteiger charge is 2.19. The molecule has 0 fully saturated rings. The van der Waals surface area contributed by atoms with Crippen LogP contribution < -0.4 is 10.6 Å². The molecule has 1 aromatic carbocycles. The second-order valence-corrected chi connectivity index (χ2v) is 3.79. The summed E-state index contributed by atoms with van der Waals surface area (Å²) in [5, 5.41) is 5.09. The smallest absolute Gasteiger partial charge is 0.330 e. The van der Waals surface area contributed by atoms with Crippen molar-refractivity contribution in [2.45, 2.75) is 13.0 Å². The van der Waals surface area contributed by atoms with E-state index in [1.54, 1.807) is 0 Å². The van der Waals surface area contributed by atoms with Crippen LogP contribution >= 0.6 is 0 Å². The second kappa shape index (κ2) is 6.67. The minimum Gasteiger partial charge on any atom is -0.467 e. The standard InChI is InChI=1S/C12H14F2N2O3/c1-7(17)16-11(12(18)19-2)6-15-8-3-4-9(13)10(14)5-8/h3-5,11,15H,6H2,1-2H3,(H,16,17). The zero-order valence-corrected chi connectivity index (χ0v) is 10.5. The van der Waals surface area contributed by atoms with Gasteiger partial charge in [0.05, 0.1) is 7.11 Å². The van der Waals surface area contributed by atoms with Gasteiger partial charge in [0, 0.05) is 25.2 Å². The first-order valence-electron chi connectivity index (χ1n) is 5.48. The van der Waals surface area contributed by atoms with Crippen molar-refractivity contribution < 1.29 is 23.1 Å². The van der Waals surface area contributed by atoms with Gasteiger partial charge in [-0.05, 0) is 12.1 Å². The Labute approximate surface area is 108 Å². The van der Waals surface area contributed by atoms with E-state index in [4.69, 9.17) is 0 Å². The number of halogens is 2. The Bertz CT molecular complexity index is 480. The summed E-state index contributed by atoms with van der Waals surface area (Å²) in [5.41, 5.74) is 0.290. The topological polar surface area (TPSA) is 67.4 Å². The molecule has 0 radical (unpaired) electrons. The maximum atomic E-state index is 13.0. The van der Waals surface area contributed by atoms with E-state index < -0.39 is 29.6 Å². The van der Waals surface area contributed by atoms with Gasteiger partial charge in [-0.2, -0.15) is 0 Å². The van der Waals surface area contributed by atoms with Crippen molar-refractivity contribution in [1.29, 1.82) is 0 Å². The van der Waals surface area contributed by atoms with Crippen LogP contribution in [0, 0.1) is 11.6 Å². The monoisotopic (exact) mass is 272 g/mol. The number of nitrogens with one attached hydrogen (secondary N) is 2. The number of esters is 1. The van der Waals surface area contributed by atoms with Gasteiger partial charge in [0.2, 0.25) is 5.91 Å². The molecule has 0 bridgehead atoms. The van der Waals surface area contributed by atoms with E-state index in [2.05, 4.69) is 15.4 Å². The molecule has 19 heavy (non-hydrogen) atoms. The van der Waals surface area contributed by atoms with Crippen LogP contribution in [-0.2, 0) is 14.3 Å². The summed E-state index contributed by atoms with van der Waals surface area (Å²) in [5.74, 6) is -3.00. The van der Waals surface area contributed by atoms with Gasteiger partial charge in [-0.25, -0.2) is 13.6 Å². The first-order chi connectivity index (χ1) is 8.93. The van der Waals surface area contributed by atoms with E-state index in [9.17, 15) is 18.4 Å². The summed E-state index contributed by atoms with van der Waals surface area (Å²) >= 11 is 0. The summed E-state index contributed by atoms with van der Waals surface area (Å²) < 4.78 is 30.2. The van der Waals surface area contributed by atoms with Crippen LogP contribution in [-0.4, -0.2) is 31.6 Å². The molecular formula is C12H14F2N2O3. The molecule has 0 aromatic heterocycles. The number of benzene rings is 1. The SMILES string of the molecule is COC(=O)C(CNc1ccc(F)c(F)c1)NC(C)=O. The Morgan fingerprint density at radius 2 is 2.00 bits per heavy atom. The molecule has 5 nitrogen and oxygen atoms in total. The molecule has 0 spiro atoms. The fourth-order valence-corrected chi connectivity index (χ4v) is 1.41. The summed E-state index contributed by atoms with van der Waals surface area (Å²) in [4.78, 5) is 22.3. The van der Waals surface area contributed by atoms with E-state index in [-0.39, 0.29) is 12.2 Å².